The molecular formula is C14H21N3O. The number of amides is 1. The van der Waals surface area contributed by atoms with Crippen LogP contribution in [0.15, 0.2) is 30.3 Å². The Morgan fingerprint density at radius 2 is 2.22 bits per heavy atom. The van der Waals surface area contributed by atoms with E-state index < -0.39 is 0 Å². The number of hydrogen-bond donors (Lipinski definition) is 2. The quantitative estimate of drug-likeness (QED) is 0.808. The van der Waals surface area contributed by atoms with Gasteiger partial charge in [0.15, 0.2) is 0 Å². The molecule has 1 amide bonds. The van der Waals surface area contributed by atoms with Gasteiger partial charge in [0, 0.05) is 25.7 Å². The molecule has 1 heterocycles. The van der Waals surface area contributed by atoms with Gasteiger partial charge >= 0.3 is 0 Å². The summed E-state index contributed by atoms with van der Waals surface area (Å²) in [6.07, 6.45) is 0.949. The zero-order valence-electron chi connectivity index (χ0n) is 10.8. The van der Waals surface area contributed by atoms with Gasteiger partial charge < -0.3 is 11.1 Å². The first kappa shape index (κ1) is 13.1. The predicted molar refractivity (Wildman–Crippen MR) is 72.2 cm³/mol. The number of nitrogens with zero attached hydrogens (tertiary/aromatic N) is 1. The maximum absolute atomic E-state index is 11.5. The molecule has 0 aromatic heterocycles. The van der Waals surface area contributed by atoms with E-state index in [0.717, 1.165) is 19.5 Å². The molecule has 4 heteroatoms. The van der Waals surface area contributed by atoms with E-state index in [0.29, 0.717) is 12.6 Å². The van der Waals surface area contributed by atoms with E-state index in [2.05, 4.69) is 29.3 Å². The summed E-state index contributed by atoms with van der Waals surface area (Å²) < 4.78 is 0. The summed E-state index contributed by atoms with van der Waals surface area (Å²) in [6.45, 7) is 4.62. The Balaban J connectivity index is 2.02. The monoisotopic (exact) mass is 247 g/mol. The lowest BCUT2D eigenvalue weighted by Gasteiger charge is -2.38. The van der Waals surface area contributed by atoms with Crippen molar-refractivity contribution < 1.29 is 4.79 Å². The Morgan fingerprint density at radius 3 is 2.89 bits per heavy atom. The van der Waals surface area contributed by atoms with Gasteiger partial charge in [-0.25, -0.2) is 0 Å². The molecule has 1 aliphatic rings. The largest absolute Gasteiger partial charge is 0.368 e. The molecule has 1 fully saturated rings. The molecule has 1 aliphatic heterocycles. The zero-order chi connectivity index (χ0) is 13.0. The molecule has 0 saturated carbocycles. The Kier molecular flexibility index (Phi) is 4.33. The molecule has 1 aromatic rings. The fourth-order valence-electron chi connectivity index (χ4n) is 2.58. The summed E-state index contributed by atoms with van der Waals surface area (Å²) >= 11 is 0. The van der Waals surface area contributed by atoms with Crippen molar-refractivity contribution in [1.82, 2.24) is 10.2 Å². The Bertz CT molecular complexity index is 393. The van der Waals surface area contributed by atoms with E-state index in [9.17, 15) is 4.79 Å². The number of primary amides is 1. The molecule has 18 heavy (non-hydrogen) atoms. The van der Waals surface area contributed by atoms with Crippen LogP contribution in [0.4, 0.5) is 0 Å². The highest BCUT2D eigenvalue weighted by Crippen LogP contribution is 2.13. The average Bonchev–Trinajstić information content (AvgIpc) is 2.40. The third-order valence-corrected chi connectivity index (χ3v) is 3.55. The van der Waals surface area contributed by atoms with Gasteiger partial charge in [-0.05, 0) is 18.9 Å². The van der Waals surface area contributed by atoms with Crippen molar-refractivity contribution in [2.24, 2.45) is 5.73 Å². The highest BCUT2D eigenvalue weighted by atomic mass is 16.1. The Morgan fingerprint density at radius 1 is 1.50 bits per heavy atom. The maximum atomic E-state index is 11.5. The zero-order valence-corrected chi connectivity index (χ0v) is 10.8. The average molecular weight is 247 g/mol. The summed E-state index contributed by atoms with van der Waals surface area (Å²) in [5.41, 5.74) is 6.77. The van der Waals surface area contributed by atoms with Crippen LogP contribution in [0, 0.1) is 0 Å². The minimum Gasteiger partial charge on any atom is -0.368 e. The lowest BCUT2D eigenvalue weighted by Crippen LogP contribution is -2.59. The molecule has 0 radical (unpaired) electrons. The van der Waals surface area contributed by atoms with Crippen LogP contribution in [0.2, 0.25) is 0 Å². The van der Waals surface area contributed by atoms with Crippen molar-refractivity contribution in [1.29, 1.82) is 0 Å². The van der Waals surface area contributed by atoms with Crippen LogP contribution in [0.1, 0.15) is 12.5 Å². The van der Waals surface area contributed by atoms with Crippen LogP contribution >= 0.6 is 0 Å². The lowest BCUT2D eigenvalue weighted by molar-refractivity contribution is -0.124. The topological polar surface area (TPSA) is 58.4 Å². The fraction of sp³-hybridized carbons (Fsp3) is 0.500. The molecule has 0 spiro atoms. The van der Waals surface area contributed by atoms with Gasteiger partial charge in [0.2, 0.25) is 5.91 Å². The maximum Gasteiger partial charge on any atom is 0.236 e. The second-order valence-corrected chi connectivity index (χ2v) is 4.90. The van der Waals surface area contributed by atoms with Crippen LogP contribution in [-0.2, 0) is 11.2 Å². The highest BCUT2D eigenvalue weighted by Gasteiger charge is 2.30. The van der Waals surface area contributed by atoms with E-state index in [4.69, 9.17) is 5.73 Å². The molecule has 2 atom stereocenters. The summed E-state index contributed by atoms with van der Waals surface area (Å²) in [4.78, 5) is 13.7. The standard InChI is InChI=1S/C14H21N3O/c1-11(9-12-5-3-2-4-6-12)17-8-7-16-10-13(17)14(15)18/h2-6,11,13,16H,7-10H2,1H3,(H2,15,18). The Hall–Kier alpha value is -1.39. The number of carbonyl (C=O) groups excluding carboxylic acids is 1. The molecule has 4 nitrogen and oxygen atoms in total. The second kappa shape index (κ2) is 5.98. The molecular weight excluding hydrogens is 226 g/mol. The number of hydrogen-bond acceptors (Lipinski definition) is 3. The smallest absolute Gasteiger partial charge is 0.236 e. The van der Waals surface area contributed by atoms with Crippen molar-refractivity contribution in [3.8, 4) is 0 Å². The first-order chi connectivity index (χ1) is 8.68. The minimum absolute atomic E-state index is 0.183. The van der Waals surface area contributed by atoms with E-state index in [1.807, 2.05) is 18.2 Å². The molecule has 3 N–H and O–H groups in total. The first-order valence-electron chi connectivity index (χ1n) is 6.48. The van der Waals surface area contributed by atoms with Crippen LogP contribution in [0.3, 0.4) is 0 Å². The van der Waals surface area contributed by atoms with E-state index >= 15 is 0 Å². The van der Waals surface area contributed by atoms with Crippen molar-refractivity contribution in [2.75, 3.05) is 19.6 Å². The van der Waals surface area contributed by atoms with Gasteiger partial charge in [-0.3, -0.25) is 9.69 Å². The third-order valence-electron chi connectivity index (χ3n) is 3.55. The number of carbonyl (C=O) groups is 1. The van der Waals surface area contributed by atoms with Crippen LogP contribution in [0.25, 0.3) is 0 Å². The van der Waals surface area contributed by atoms with E-state index in [1.54, 1.807) is 0 Å². The number of benzene rings is 1. The van der Waals surface area contributed by atoms with Gasteiger partial charge in [-0.1, -0.05) is 30.3 Å². The molecule has 98 valence electrons. The van der Waals surface area contributed by atoms with Gasteiger partial charge in [-0.2, -0.15) is 0 Å². The van der Waals surface area contributed by atoms with E-state index in [-0.39, 0.29) is 11.9 Å². The van der Waals surface area contributed by atoms with Gasteiger partial charge in [0.05, 0.1) is 0 Å². The third kappa shape index (κ3) is 3.09. The van der Waals surface area contributed by atoms with Crippen LogP contribution in [0.5, 0.6) is 0 Å². The van der Waals surface area contributed by atoms with Crippen LogP contribution < -0.4 is 11.1 Å². The highest BCUT2D eigenvalue weighted by molar-refractivity contribution is 5.80. The molecule has 1 aromatic carbocycles. The van der Waals surface area contributed by atoms with Crippen molar-refractivity contribution in [3.63, 3.8) is 0 Å². The first-order valence-corrected chi connectivity index (χ1v) is 6.48. The number of nitrogens with two attached hydrogens (primary N) is 1. The molecule has 2 rings (SSSR count). The summed E-state index contributed by atoms with van der Waals surface area (Å²) in [5, 5.41) is 3.22. The summed E-state index contributed by atoms with van der Waals surface area (Å²) in [7, 11) is 0. The number of nitrogens with one attached hydrogen (secondary N) is 1. The normalized spacial score (nSPS) is 22.6. The summed E-state index contributed by atoms with van der Waals surface area (Å²) in [6, 6.07) is 10.5. The Labute approximate surface area is 108 Å². The van der Waals surface area contributed by atoms with Gasteiger partial charge in [0.25, 0.3) is 0 Å². The molecule has 2 unspecified atom stereocenters. The summed E-state index contributed by atoms with van der Waals surface area (Å²) in [5.74, 6) is -0.234. The molecule has 0 bridgehead atoms. The van der Waals surface area contributed by atoms with Gasteiger partial charge in [-0.15, -0.1) is 0 Å². The van der Waals surface area contributed by atoms with Gasteiger partial charge in [0.1, 0.15) is 6.04 Å². The number of rotatable bonds is 4. The van der Waals surface area contributed by atoms with Crippen molar-refractivity contribution in [3.05, 3.63) is 35.9 Å². The van der Waals surface area contributed by atoms with E-state index in [1.165, 1.54) is 5.56 Å². The van der Waals surface area contributed by atoms with Crippen molar-refractivity contribution in [2.45, 2.75) is 25.4 Å². The minimum atomic E-state index is -0.234. The fourth-order valence-corrected chi connectivity index (χ4v) is 2.58. The SMILES string of the molecule is CC(Cc1ccccc1)N1CCNCC1C(N)=O. The van der Waals surface area contributed by atoms with Crippen LogP contribution in [-0.4, -0.2) is 42.5 Å². The molecule has 0 aliphatic carbocycles. The predicted octanol–water partition coefficient (Wildman–Crippen LogP) is 0.377. The molecule has 1 saturated heterocycles. The second-order valence-electron chi connectivity index (χ2n) is 4.90. The van der Waals surface area contributed by atoms with Crippen molar-refractivity contribution >= 4 is 5.91 Å². The lowest BCUT2D eigenvalue weighted by atomic mass is 10.0. The number of piperazine rings is 1.